The van der Waals surface area contributed by atoms with Gasteiger partial charge in [-0.1, -0.05) is 31.3 Å². The molecule has 1 aromatic carbocycles. The first-order valence-electron chi connectivity index (χ1n) is 7.96. The van der Waals surface area contributed by atoms with Crippen molar-refractivity contribution in [1.82, 2.24) is 4.98 Å². The van der Waals surface area contributed by atoms with Crippen LogP contribution < -0.4 is 5.32 Å². The van der Waals surface area contributed by atoms with Crippen molar-refractivity contribution in [3.05, 3.63) is 46.0 Å². The Hall–Kier alpha value is -2.74. The van der Waals surface area contributed by atoms with E-state index >= 15 is 0 Å². The average molecular weight is 376 g/mol. The topological polar surface area (TPSA) is 94.6 Å². The maximum atomic E-state index is 12.4. The van der Waals surface area contributed by atoms with Crippen LogP contribution in [0.25, 0.3) is 0 Å². The maximum absolute atomic E-state index is 12.4. The molecule has 7 nitrogen and oxygen atoms in total. The molecule has 0 atom stereocenters. The zero-order valence-electron chi connectivity index (χ0n) is 15.0. The van der Waals surface area contributed by atoms with E-state index in [-0.39, 0.29) is 22.2 Å². The molecule has 0 fully saturated rings. The number of nitrogens with one attached hydrogen (secondary N) is 1. The van der Waals surface area contributed by atoms with E-state index in [1.54, 1.807) is 25.1 Å². The van der Waals surface area contributed by atoms with E-state index in [4.69, 9.17) is 4.74 Å². The number of esters is 2. The molecule has 0 spiro atoms. The molecule has 0 saturated carbocycles. The van der Waals surface area contributed by atoms with Crippen molar-refractivity contribution in [3.8, 4) is 0 Å². The van der Waals surface area contributed by atoms with Crippen LogP contribution in [0.15, 0.2) is 24.3 Å². The van der Waals surface area contributed by atoms with Gasteiger partial charge in [-0.25, -0.2) is 14.6 Å². The number of hydrogen-bond acceptors (Lipinski definition) is 7. The molecular weight excluding hydrogens is 356 g/mol. The van der Waals surface area contributed by atoms with E-state index in [1.165, 1.54) is 13.2 Å². The van der Waals surface area contributed by atoms with Crippen molar-refractivity contribution in [2.45, 2.75) is 20.8 Å². The summed E-state index contributed by atoms with van der Waals surface area (Å²) in [6.07, 6.45) is 0. The Morgan fingerprint density at radius 1 is 1.19 bits per heavy atom. The molecule has 8 heteroatoms. The predicted octanol–water partition coefficient (Wildman–Crippen LogP) is 3.30. The highest BCUT2D eigenvalue weighted by molar-refractivity contribution is 7.17. The number of thiazole rings is 1. The average Bonchev–Trinajstić information content (AvgIpc) is 2.99. The molecule has 0 aliphatic carbocycles. The smallest absolute Gasteiger partial charge is 0.350 e. The largest absolute Gasteiger partial charge is 0.465 e. The Morgan fingerprint density at radius 2 is 1.88 bits per heavy atom. The first-order chi connectivity index (χ1) is 12.3. The Balaban J connectivity index is 2.11. The van der Waals surface area contributed by atoms with Gasteiger partial charge in [0, 0.05) is 5.56 Å². The maximum Gasteiger partial charge on any atom is 0.350 e. The van der Waals surface area contributed by atoms with E-state index < -0.39 is 17.8 Å². The van der Waals surface area contributed by atoms with Gasteiger partial charge in [-0.05, 0) is 31.0 Å². The number of aryl methyl sites for hydroxylation is 1. The monoisotopic (exact) mass is 376 g/mol. The molecular formula is C18H20N2O5S. The van der Waals surface area contributed by atoms with Crippen molar-refractivity contribution in [2.24, 2.45) is 5.92 Å². The SMILES string of the molecule is COC(=O)c1cccc(C(=O)Nc2nc(C)c(C(=O)OCC(C)C)s2)c1. The number of benzene rings is 1. The Bertz CT molecular complexity index is 829. The summed E-state index contributed by atoms with van der Waals surface area (Å²) in [7, 11) is 1.27. The zero-order chi connectivity index (χ0) is 19.3. The van der Waals surface area contributed by atoms with Gasteiger partial charge in [0.25, 0.3) is 5.91 Å². The third-order valence-electron chi connectivity index (χ3n) is 3.30. The first-order valence-corrected chi connectivity index (χ1v) is 8.77. The fourth-order valence-corrected chi connectivity index (χ4v) is 2.88. The molecule has 1 amide bonds. The Labute approximate surface area is 155 Å². The Kier molecular flexibility index (Phi) is 6.46. The van der Waals surface area contributed by atoms with Crippen molar-refractivity contribution in [1.29, 1.82) is 0 Å². The second kappa shape index (κ2) is 8.57. The molecule has 0 saturated heterocycles. The second-order valence-corrected chi connectivity index (χ2v) is 6.95. The number of nitrogens with zero attached hydrogens (tertiary/aromatic N) is 1. The summed E-state index contributed by atoms with van der Waals surface area (Å²) in [6, 6.07) is 6.14. The molecule has 0 bridgehead atoms. The van der Waals surface area contributed by atoms with E-state index in [1.807, 2.05) is 13.8 Å². The molecule has 1 aromatic heterocycles. The van der Waals surface area contributed by atoms with Crippen molar-refractivity contribution < 1.29 is 23.9 Å². The number of anilines is 1. The molecule has 2 aromatic rings. The number of carbonyl (C=O) groups is 3. The molecule has 0 aliphatic rings. The molecule has 1 heterocycles. The normalized spacial score (nSPS) is 10.5. The van der Waals surface area contributed by atoms with Crippen LogP contribution in [0.3, 0.4) is 0 Å². The minimum Gasteiger partial charge on any atom is -0.465 e. The van der Waals surface area contributed by atoms with Crippen LogP contribution in [-0.2, 0) is 9.47 Å². The highest BCUT2D eigenvalue weighted by atomic mass is 32.1. The fraction of sp³-hybridized carbons (Fsp3) is 0.333. The van der Waals surface area contributed by atoms with E-state index in [0.29, 0.717) is 17.2 Å². The number of amides is 1. The van der Waals surface area contributed by atoms with Gasteiger partial charge in [-0.2, -0.15) is 0 Å². The number of aromatic nitrogens is 1. The van der Waals surface area contributed by atoms with Crippen molar-refractivity contribution in [2.75, 3.05) is 19.0 Å². The molecule has 0 radical (unpaired) electrons. The van der Waals surface area contributed by atoms with Crippen LogP contribution in [0.4, 0.5) is 5.13 Å². The quantitative estimate of drug-likeness (QED) is 0.777. The summed E-state index contributed by atoms with van der Waals surface area (Å²) in [4.78, 5) is 40.6. The van der Waals surface area contributed by atoms with Crippen LogP contribution in [0.5, 0.6) is 0 Å². The number of carbonyl (C=O) groups excluding carboxylic acids is 3. The minimum atomic E-state index is -0.528. The molecule has 26 heavy (non-hydrogen) atoms. The number of methoxy groups -OCH3 is 1. The van der Waals surface area contributed by atoms with Crippen LogP contribution in [0.1, 0.15) is 49.9 Å². The van der Waals surface area contributed by atoms with E-state index in [9.17, 15) is 14.4 Å². The van der Waals surface area contributed by atoms with Gasteiger partial charge < -0.3 is 9.47 Å². The molecule has 1 N–H and O–H groups in total. The fourth-order valence-electron chi connectivity index (χ4n) is 2.02. The minimum absolute atomic E-state index is 0.230. The van der Waals surface area contributed by atoms with Gasteiger partial charge in [-0.3, -0.25) is 10.1 Å². The summed E-state index contributed by atoms with van der Waals surface area (Å²) in [6.45, 7) is 5.88. The third kappa shape index (κ3) is 4.89. The molecule has 138 valence electrons. The number of hydrogen-bond donors (Lipinski definition) is 1. The van der Waals surface area contributed by atoms with Crippen LogP contribution in [-0.4, -0.2) is 36.5 Å². The zero-order valence-corrected chi connectivity index (χ0v) is 15.8. The predicted molar refractivity (Wildman–Crippen MR) is 97.7 cm³/mol. The highest BCUT2D eigenvalue weighted by Gasteiger charge is 2.19. The van der Waals surface area contributed by atoms with Gasteiger partial charge in [0.05, 0.1) is 25.0 Å². The number of rotatable bonds is 6. The van der Waals surface area contributed by atoms with Gasteiger partial charge in [-0.15, -0.1) is 0 Å². The van der Waals surface area contributed by atoms with Crippen molar-refractivity contribution in [3.63, 3.8) is 0 Å². The van der Waals surface area contributed by atoms with Crippen LogP contribution in [0, 0.1) is 12.8 Å². The Morgan fingerprint density at radius 3 is 2.54 bits per heavy atom. The molecule has 0 unspecified atom stereocenters. The summed E-state index contributed by atoms with van der Waals surface area (Å²) < 4.78 is 9.84. The lowest BCUT2D eigenvalue weighted by molar-refractivity contribution is 0.0463. The second-order valence-electron chi connectivity index (χ2n) is 5.95. The van der Waals surface area contributed by atoms with Gasteiger partial charge in [0.15, 0.2) is 5.13 Å². The van der Waals surface area contributed by atoms with Crippen LogP contribution in [0.2, 0.25) is 0 Å². The number of ether oxygens (including phenoxy) is 2. The van der Waals surface area contributed by atoms with Gasteiger partial charge in [0.1, 0.15) is 4.88 Å². The summed E-state index contributed by atoms with van der Waals surface area (Å²) >= 11 is 1.05. The molecule has 2 rings (SSSR count). The van der Waals surface area contributed by atoms with E-state index in [2.05, 4.69) is 15.0 Å². The first kappa shape index (κ1) is 19.6. The standard InChI is InChI=1S/C18H20N2O5S/c1-10(2)9-25-17(23)14-11(3)19-18(26-14)20-15(21)12-6-5-7-13(8-12)16(22)24-4/h5-8,10H,9H2,1-4H3,(H,19,20,21). The van der Waals surface area contributed by atoms with Crippen molar-refractivity contribution >= 4 is 34.3 Å². The van der Waals surface area contributed by atoms with Gasteiger partial charge in [0.2, 0.25) is 0 Å². The van der Waals surface area contributed by atoms with Crippen LogP contribution >= 0.6 is 11.3 Å². The third-order valence-corrected chi connectivity index (χ3v) is 4.35. The lowest BCUT2D eigenvalue weighted by atomic mass is 10.1. The summed E-state index contributed by atoms with van der Waals surface area (Å²) in [5.41, 5.74) is 1.04. The summed E-state index contributed by atoms with van der Waals surface area (Å²) in [5, 5.41) is 2.92. The van der Waals surface area contributed by atoms with E-state index in [0.717, 1.165) is 11.3 Å². The lowest BCUT2D eigenvalue weighted by Crippen LogP contribution is -2.13. The molecule has 0 aliphatic heterocycles. The van der Waals surface area contributed by atoms with Gasteiger partial charge >= 0.3 is 11.9 Å². The lowest BCUT2D eigenvalue weighted by Gasteiger charge is -2.05. The highest BCUT2D eigenvalue weighted by Crippen LogP contribution is 2.24. The summed E-state index contributed by atoms with van der Waals surface area (Å²) in [5.74, 6) is -1.19.